The lowest BCUT2D eigenvalue weighted by molar-refractivity contribution is -0.0331. The average Bonchev–Trinajstić information content (AvgIpc) is 3.02. The summed E-state index contributed by atoms with van der Waals surface area (Å²) in [7, 11) is 0. The molecule has 21 heavy (non-hydrogen) atoms. The van der Waals surface area contributed by atoms with E-state index in [0.29, 0.717) is 18.8 Å². The second kappa shape index (κ2) is 6.34. The summed E-state index contributed by atoms with van der Waals surface area (Å²) in [5.74, 6) is -0.930. The third-order valence-corrected chi connectivity index (χ3v) is 4.26. The number of thiophene rings is 1. The van der Waals surface area contributed by atoms with Crippen LogP contribution in [0.5, 0.6) is 0 Å². The van der Waals surface area contributed by atoms with E-state index in [4.69, 9.17) is 4.74 Å². The van der Waals surface area contributed by atoms with Crippen molar-refractivity contribution in [2.24, 2.45) is 0 Å². The quantitative estimate of drug-likeness (QED) is 0.940. The third-order valence-electron chi connectivity index (χ3n) is 3.56. The number of aromatic nitrogens is 1. The summed E-state index contributed by atoms with van der Waals surface area (Å²) in [5.41, 5.74) is 2.07. The van der Waals surface area contributed by atoms with Gasteiger partial charge in [0.15, 0.2) is 0 Å². The first-order valence-electron chi connectivity index (χ1n) is 6.77. The maximum absolute atomic E-state index is 11.2. The van der Waals surface area contributed by atoms with E-state index < -0.39 is 5.97 Å². The lowest BCUT2D eigenvalue weighted by Gasteiger charge is -2.32. The largest absolute Gasteiger partial charge is 0.478 e. The molecule has 1 aliphatic rings. The highest BCUT2D eigenvalue weighted by Gasteiger charge is 2.23. The number of carboxylic acids is 1. The molecule has 1 aliphatic heterocycles. The Morgan fingerprint density at radius 3 is 3.19 bits per heavy atom. The highest BCUT2D eigenvalue weighted by atomic mass is 32.1. The molecule has 1 atom stereocenters. The average molecular weight is 304 g/mol. The van der Waals surface area contributed by atoms with Crippen molar-refractivity contribution >= 4 is 17.3 Å². The summed E-state index contributed by atoms with van der Waals surface area (Å²) < 4.78 is 5.80. The molecule has 0 aliphatic carbocycles. The summed E-state index contributed by atoms with van der Waals surface area (Å²) >= 11 is 1.66. The van der Waals surface area contributed by atoms with E-state index in [1.165, 1.54) is 5.56 Å². The van der Waals surface area contributed by atoms with Crippen LogP contribution in [-0.2, 0) is 11.3 Å². The van der Waals surface area contributed by atoms with E-state index in [2.05, 4.69) is 21.3 Å². The van der Waals surface area contributed by atoms with E-state index >= 15 is 0 Å². The summed E-state index contributed by atoms with van der Waals surface area (Å²) in [6.45, 7) is 2.73. The van der Waals surface area contributed by atoms with Gasteiger partial charge in [-0.1, -0.05) is 0 Å². The molecular weight excluding hydrogens is 288 g/mol. The lowest BCUT2D eigenvalue weighted by atomic mass is 10.1. The number of aromatic carboxylic acids is 1. The minimum absolute atomic E-state index is 0.0574. The summed E-state index contributed by atoms with van der Waals surface area (Å²) in [5, 5.41) is 13.4. The summed E-state index contributed by atoms with van der Waals surface area (Å²) in [4.78, 5) is 17.6. The Kier molecular flexibility index (Phi) is 4.28. The molecule has 110 valence electrons. The van der Waals surface area contributed by atoms with Gasteiger partial charge in [-0.3, -0.25) is 9.88 Å². The Bertz CT molecular complexity index is 615. The summed E-state index contributed by atoms with van der Waals surface area (Å²) in [6.07, 6.45) is 1.69. The van der Waals surface area contributed by atoms with E-state index in [0.717, 1.165) is 13.1 Å². The van der Waals surface area contributed by atoms with Gasteiger partial charge in [0.2, 0.25) is 0 Å². The van der Waals surface area contributed by atoms with Crippen LogP contribution in [0.25, 0.3) is 0 Å². The molecule has 0 spiro atoms. The summed E-state index contributed by atoms with van der Waals surface area (Å²) in [6, 6.07) is 5.32. The van der Waals surface area contributed by atoms with E-state index in [9.17, 15) is 9.90 Å². The van der Waals surface area contributed by atoms with E-state index in [1.807, 2.05) is 5.38 Å². The molecule has 1 unspecified atom stereocenters. The van der Waals surface area contributed by atoms with Crippen LogP contribution >= 0.6 is 11.3 Å². The lowest BCUT2D eigenvalue weighted by Crippen LogP contribution is -2.38. The van der Waals surface area contributed by atoms with Gasteiger partial charge in [-0.2, -0.15) is 11.3 Å². The first kappa shape index (κ1) is 14.2. The second-order valence-corrected chi connectivity index (χ2v) is 5.73. The number of pyridine rings is 1. The van der Waals surface area contributed by atoms with Crippen LogP contribution in [0.4, 0.5) is 0 Å². The maximum Gasteiger partial charge on any atom is 0.337 e. The van der Waals surface area contributed by atoms with Crippen molar-refractivity contribution in [3.63, 3.8) is 0 Å². The third kappa shape index (κ3) is 3.29. The molecule has 2 aromatic rings. The zero-order chi connectivity index (χ0) is 14.7. The number of rotatable bonds is 4. The molecule has 0 radical (unpaired) electrons. The molecule has 0 bridgehead atoms. The van der Waals surface area contributed by atoms with Gasteiger partial charge in [0.05, 0.1) is 24.0 Å². The van der Waals surface area contributed by atoms with Crippen LogP contribution in [0.3, 0.4) is 0 Å². The zero-order valence-electron chi connectivity index (χ0n) is 11.4. The first-order valence-corrected chi connectivity index (χ1v) is 7.71. The van der Waals surface area contributed by atoms with Crippen LogP contribution in [-0.4, -0.2) is 40.7 Å². The Labute approximate surface area is 126 Å². The number of hydrogen-bond donors (Lipinski definition) is 1. The molecular formula is C15H16N2O3S. The molecule has 3 rings (SSSR count). The molecule has 0 amide bonds. The number of carboxylic acid groups (broad SMARTS) is 1. The van der Waals surface area contributed by atoms with Crippen molar-refractivity contribution in [1.82, 2.24) is 9.88 Å². The predicted octanol–water partition coefficient (Wildman–Crippen LogP) is 2.41. The fourth-order valence-electron chi connectivity index (χ4n) is 2.48. The smallest absolute Gasteiger partial charge is 0.337 e. The standard InChI is InChI=1S/C15H16N2O3S/c18-15(19)12-2-1-4-16-13(12)8-17-5-6-20-14(9-17)11-3-7-21-10-11/h1-4,7,10,14H,5-6,8-9H2,(H,18,19). The number of ether oxygens (including phenoxy) is 1. The zero-order valence-corrected chi connectivity index (χ0v) is 12.3. The molecule has 6 heteroatoms. The monoisotopic (exact) mass is 304 g/mol. The van der Waals surface area contributed by atoms with Crippen LogP contribution in [0.1, 0.15) is 27.7 Å². The molecule has 1 fully saturated rings. The van der Waals surface area contributed by atoms with Gasteiger partial charge in [0, 0.05) is 25.8 Å². The minimum Gasteiger partial charge on any atom is -0.478 e. The molecule has 1 N–H and O–H groups in total. The van der Waals surface area contributed by atoms with Crippen molar-refractivity contribution in [3.8, 4) is 0 Å². The highest BCUT2D eigenvalue weighted by Crippen LogP contribution is 2.25. The highest BCUT2D eigenvalue weighted by molar-refractivity contribution is 7.07. The van der Waals surface area contributed by atoms with Crippen LogP contribution in [0.2, 0.25) is 0 Å². The van der Waals surface area contributed by atoms with Gasteiger partial charge in [-0.15, -0.1) is 0 Å². The molecule has 0 saturated carbocycles. The topological polar surface area (TPSA) is 62.7 Å². The minimum atomic E-state index is -0.930. The Morgan fingerprint density at radius 1 is 1.52 bits per heavy atom. The van der Waals surface area contributed by atoms with E-state index in [-0.39, 0.29) is 11.7 Å². The van der Waals surface area contributed by atoms with Gasteiger partial charge < -0.3 is 9.84 Å². The Morgan fingerprint density at radius 2 is 2.43 bits per heavy atom. The number of morpholine rings is 1. The Balaban J connectivity index is 1.72. The van der Waals surface area contributed by atoms with Crippen molar-refractivity contribution in [2.75, 3.05) is 19.7 Å². The molecule has 0 aromatic carbocycles. The van der Waals surface area contributed by atoms with Crippen molar-refractivity contribution < 1.29 is 14.6 Å². The molecule has 2 aromatic heterocycles. The molecule has 5 nitrogen and oxygen atoms in total. The fourth-order valence-corrected chi connectivity index (χ4v) is 3.18. The van der Waals surface area contributed by atoms with Crippen molar-refractivity contribution in [2.45, 2.75) is 12.6 Å². The van der Waals surface area contributed by atoms with Crippen molar-refractivity contribution in [3.05, 3.63) is 52.0 Å². The van der Waals surface area contributed by atoms with Gasteiger partial charge in [0.25, 0.3) is 0 Å². The van der Waals surface area contributed by atoms with Gasteiger partial charge in [0.1, 0.15) is 0 Å². The van der Waals surface area contributed by atoms with Gasteiger partial charge >= 0.3 is 5.97 Å². The first-order chi connectivity index (χ1) is 10.2. The van der Waals surface area contributed by atoms with Gasteiger partial charge in [-0.05, 0) is 34.5 Å². The number of carbonyl (C=O) groups is 1. The number of hydrogen-bond acceptors (Lipinski definition) is 5. The number of nitrogens with zero attached hydrogens (tertiary/aromatic N) is 2. The maximum atomic E-state index is 11.2. The van der Waals surface area contributed by atoms with Crippen LogP contribution in [0.15, 0.2) is 35.2 Å². The second-order valence-electron chi connectivity index (χ2n) is 4.95. The van der Waals surface area contributed by atoms with Crippen LogP contribution in [0, 0.1) is 0 Å². The fraction of sp³-hybridized carbons (Fsp3) is 0.333. The Hall–Kier alpha value is -1.76. The normalized spacial score (nSPS) is 19.5. The predicted molar refractivity (Wildman–Crippen MR) is 79.5 cm³/mol. The van der Waals surface area contributed by atoms with Crippen molar-refractivity contribution in [1.29, 1.82) is 0 Å². The molecule has 1 saturated heterocycles. The molecule has 3 heterocycles. The van der Waals surface area contributed by atoms with Gasteiger partial charge in [-0.25, -0.2) is 4.79 Å². The van der Waals surface area contributed by atoms with Crippen LogP contribution < -0.4 is 0 Å². The SMILES string of the molecule is O=C(O)c1cccnc1CN1CCOC(c2ccsc2)C1. The van der Waals surface area contributed by atoms with E-state index in [1.54, 1.807) is 29.7 Å².